The van der Waals surface area contributed by atoms with Crippen LogP contribution in [0.2, 0.25) is 0 Å². The number of ether oxygens (including phenoxy) is 1. The topological polar surface area (TPSA) is 55.6 Å². The molecule has 5 nitrogen and oxygen atoms in total. The van der Waals surface area contributed by atoms with Crippen molar-refractivity contribution in [3.63, 3.8) is 0 Å². The molecule has 1 heterocycles. The van der Waals surface area contributed by atoms with Gasteiger partial charge in [-0.3, -0.25) is 4.79 Å². The van der Waals surface area contributed by atoms with Crippen molar-refractivity contribution in [2.75, 3.05) is 14.2 Å². The van der Waals surface area contributed by atoms with Crippen LogP contribution >= 0.6 is 0 Å². The highest BCUT2D eigenvalue weighted by Crippen LogP contribution is 2.20. The van der Waals surface area contributed by atoms with Crippen LogP contribution in [-0.2, 0) is 17.8 Å². The first-order chi connectivity index (χ1) is 10.0. The third kappa shape index (κ3) is 3.42. The van der Waals surface area contributed by atoms with Crippen LogP contribution in [0.5, 0.6) is 5.75 Å². The largest absolute Gasteiger partial charge is 0.496 e. The van der Waals surface area contributed by atoms with Gasteiger partial charge in [-0.1, -0.05) is 23.4 Å². The van der Waals surface area contributed by atoms with Crippen molar-refractivity contribution < 1.29 is 14.1 Å². The van der Waals surface area contributed by atoms with E-state index in [2.05, 4.69) is 5.16 Å². The van der Waals surface area contributed by atoms with E-state index < -0.39 is 0 Å². The van der Waals surface area contributed by atoms with Gasteiger partial charge in [0.15, 0.2) is 0 Å². The third-order valence-electron chi connectivity index (χ3n) is 3.54. The van der Waals surface area contributed by atoms with Crippen LogP contribution in [0.1, 0.15) is 22.6 Å². The first-order valence-electron chi connectivity index (χ1n) is 6.80. The minimum atomic E-state index is 0.0234. The highest BCUT2D eigenvalue weighted by Gasteiger charge is 2.17. The molecule has 2 aromatic rings. The second-order valence-corrected chi connectivity index (χ2v) is 5.04. The van der Waals surface area contributed by atoms with Crippen molar-refractivity contribution in [1.82, 2.24) is 10.1 Å². The average molecular weight is 288 g/mol. The van der Waals surface area contributed by atoms with Gasteiger partial charge in [-0.25, -0.2) is 0 Å². The summed E-state index contributed by atoms with van der Waals surface area (Å²) < 4.78 is 10.4. The number of hydrogen-bond acceptors (Lipinski definition) is 4. The second kappa shape index (κ2) is 6.43. The Kier molecular flexibility index (Phi) is 4.62. The van der Waals surface area contributed by atoms with E-state index in [4.69, 9.17) is 9.26 Å². The first-order valence-corrected chi connectivity index (χ1v) is 6.80. The van der Waals surface area contributed by atoms with E-state index >= 15 is 0 Å². The third-order valence-corrected chi connectivity index (χ3v) is 3.54. The zero-order valence-corrected chi connectivity index (χ0v) is 12.8. The van der Waals surface area contributed by atoms with Crippen LogP contribution in [0.25, 0.3) is 0 Å². The maximum absolute atomic E-state index is 12.3. The number of carbonyl (C=O) groups is 1. The summed E-state index contributed by atoms with van der Waals surface area (Å²) >= 11 is 0. The number of benzene rings is 1. The Morgan fingerprint density at radius 1 is 1.33 bits per heavy atom. The van der Waals surface area contributed by atoms with E-state index in [1.165, 1.54) is 0 Å². The molecule has 0 saturated heterocycles. The van der Waals surface area contributed by atoms with Crippen molar-refractivity contribution in [3.8, 4) is 5.75 Å². The summed E-state index contributed by atoms with van der Waals surface area (Å²) in [4.78, 5) is 14.0. The number of likely N-dealkylation sites (N-methyl/N-ethyl adjacent to an activating group) is 1. The number of rotatable bonds is 5. The van der Waals surface area contributed by atoms with Crippen molar-refractivity contribution in [2.45, 2.75) is 26.8 Å². The molecule has 0 unspecified atom stereocenters. The highest BCUT2D eigenvalue weighted by molar-refractivity contribution is 5.79. The quantitative estimate of drug-likeness (QED) is 0.848. The zero-order chi connectivity index (χ0) is 15.4. The normalized spacial score (nSPS) is 10.5. The molecule has 2 rings (SSSR count). The highest BCUT2D eigenvalue weighted by atomic mass is 16.5. The number of carbonyl (C=O) groups excluding carboxylic acids is 1. The fourth-order valence-corrected chi connectivity index (χ4v) is 2.22. The van der Waals surface area contributed by atoms with E-state index in [0.717, 1.165) is 22.6 Å². The molecule has 0 N–H and O–H groups in total. The molecular weight excluding hydrogens is 268 g/mol. The zero-order valence-electron chi connectivity index (χ0n) is 12.8. The number of nitrogens with zero attached hydrogens (tertiary/aromatic N) is 2. The summed E-state index contributed by atoms with van der Waals surface area (Å²) in [6, 6.07) is 7.69. The van der Waals surface area contributed by atoms with Gasteiger partial charge in [0.25, 0.3) is 0 Å². The maximum Gasteiger partial charge on any atom is 0.227 e. The summed E-state index contributed by atoms with van der Waals surface area (Å²) in [6.07, 6.45) is 0.298. The summed E-state index contributed by atoms with van der Waals surface area (Å²) in [7, 11) is 3.41. The van der Waals surface area contributed by atoms with E-state index in [1.807, 2.05) is 38.1 Å². The standard InChI is InChI=1S/C16H20N2O3/c1-11-14(12(2)21-17-11)9-16(19)18(3)10-13-7-5-6-8-15(13)20-4/h5-8H,9-10H2,1-4H3. The molecule has 0 bridgehead atoms. The molecule has 0 atom stereocenters. The lowest BCUT2D eigenvalue weighted by Crippen LogP contribution is -2.28. The van der Waals surface area contributed by atoms with Crippen LogP contribution < -0.4 is 4.74 Å². The predicted molar refractivity (Wildman–Crippen MR) is 79.1 cm³/mol. The monoisotopic (exact) mass is 288 g/mol. The lowest BCUT2D eigenvalue weighted by molar-refractivity contribution is -0.129. The van der Waals surface area contributed by atoms with Crippen LogP contribution in [-0.4, -0.2) is 30.1 Å². The molecule has 1 aromatic heterocycles. The number of para-hydroxylation sites is 1. The summed E-state index contributed by atoms with van der Waals surface area (Å²) in [5, 5.41) is 3.87. The van der Waals surface area contributed by atoms with Gasteiger partial charge in [-0.05, 0) is 19.9 Å². The Hall–Kier alpha value is -2.30. The van der Waals surface area contributed by atoms with Crippen molar-refractivity contribution in [3.05, 3.63) is 46.8 Å². The van der Waals surface area contributed by atoms with Gasteiger partial charge in [0.05, 0.1) is 19.2 Å². The molecule has 1 amide bonds. The Balaban J connectivity index is 2.06. The van der Waals surface area contributed by atoms with E-state index in [1.54, 1.807) is 19.1 Å². The maximum atomic E-state index is 12.3. The SMILES string of the molecule is COc1ccccc1CN(C)C(=O)Cc1c(C)noc1C. The van der Waals surface area contributed by atoms with Crippen LogP contribution in [0.4, 0.5) is 0 Å². The van der Waals surface area contributed by atoms with Gasteiger partial charge in [-0.2, -0.15) is 0 Å². The molecular formula is C16H20N2O3. The number of aryl methyl sites for hydroxylation is 2. The molecule has 0 aliphatic carbocycles. The van der Waals surface area contributed by atoms with Gasteiger partial charge < -0.3 is 14.2 Å². The van der Waals surface area contributed by atoms with Crippen molar-refractivity contribution >= 4 is 5.91 Å². The van der Waals surface area contributed by atoms with E-state index in [-0.39, 0.29) is 5.91 Å². The second-order valence-electron chi connectivity index (χ2n) is 5.04. The van der Waals surface area contributed by atoms with E-state index in [0.29, 0.717) is 18.7 Å². The van der Waals surface area contributed by atoms with Crippen LogP contribution in [0.15, 0.2) is 28.8 Å². The lowest BCUT2D eigenvalue weighted by Gasteiger charge is -2.18. The Morgan fingerprint density at radius 2 is 2.05 bits per heavy atom. The molecule has 0 spiro atoms. The van der Waals surface area contributed by atoms with Gasteiger partial charge in [-0.15, -0.1) is 0 Å². The minimum Gasteiger partial charge on any atom is -0.496 e. The number of hydrogen-bond donors (Lipinski definition) is 0. The molecule has 0 saturated carbocycles. The Morgan fingerprint density at radius 3 is 2.67 bits per heavy atom. The molecule has 0 fully saturated rings. The fraction of sp³-hybridized carbons (Fsp3) is 0.375. The van der Waals surface area contributed by atoms with Gasteiger partial charge >= 0.3 is 0 Å². The molecule has 1 aromatic carbocycles. The van der Waals surface area contributed by atoms with Gasteiger partial charge in [0, 0.05) is 24.7 Å². The molecule has 5 heteroatoms. The summed E-state index contributed by atoms with van der Waals surface area (Å²) in [5.74, 6) is 1.51. The number of methoxy groups -OCH3 is 1. The number of aromatic nitrogens is 1. The van der Waals surface area contributed by atoms with Crippen LogP contribution in [0, 0.1) is 13.8 Å². The predicted octanol–water partition coefficient (Wildman–Crippen LogP) is 2.50. The number of amides is 1. The van der Waals surface area contributed by atoms with Crippen LogP contribution in [0.3, 0.4) is 0 Å². The molecule has 0 aliphatic heterocycles. The fourth-order valence-electron chi connectivity index (χ4n) is 2.22. The van der Waals surface area contributed by atoms with Crippen molar-refractivity contribution in [1.29, 1.82) is 0 Å². The molecule has 21 heavy (non-hydrogen) atoms. The summed E-state index contributed by atoms with van der Waals surface area (Å²) in [6.45, 7) is 4.17. The molecule has 112 valence electrons. The smallest absolute Gasteiger partial charge is 0.227 e. The summed E-state index contributed by atoms with van der Waals surface area (Å²) in [5.41, 5.74) is 2.62. The minimum absolute atomic E-state index is 0.0234. The Labute approximate surface area is 124 Å². The van der Waals surface area contributed by atoms with Gasteiger partial charge in [0.1, 0.15) is 11.5 Å². The lowest BCUT2D eigenvalue weighted by atomic mass is 10.1. The average Bonchev–Trinajstić information content (AvgIpc) is 2.79. The van der Waals surface area contributed by atoms with Crippen molar-refractivity contribution in [2.24, 2.45) is 0 Å². The first kappa shape index (κ1) is 15.1. The Bertz CT molecular complexity index is 615. The van der Waals surface area contributed by atoms with E-state index in [9.17, 15) is 4.79 Å². The molecule has 0 aliphatic rings. The van der Waals surface area contributed by atoms with Gasteiger partial charge in [0.2, 0.25) is 5.91 Å². The molecule has 0 radical (unpaired) electrons.